The second-order valence-electron chi connectivity index (χ2n) is 4.53. The zero-order chi connectivity index (χ0) is 14.8. The number of fused-ring (bicyclic) bond motifs is 1. The summed E-state index contributed by atoms with van der Waals surface area (Å²) in [5.74, 6) is 2.00. The van der Waals surface area contributed by atoms with Gasteiger partial charge < -0.3 is 19.9 Å². The molecule has 108 valence electrons. The second kappa shape index (κ2) is 5.65. The van der Waals surface area contributed by atoms with Crippen LogP contribution in [0.15, 0.2) is 40.9 Å². The van der Waals surface area contributed by atoms with Crippen LogP contribution in [0.2, 0.25) is 0 Å². The van der Waals surface area contributed by atoms with Crippen LogP contribution in [0, 0.1) is 5.41 Å². The molecular weight excluding hydrogens is 336 g/mol. The number of ether oxygens (including phenoxy) is 3. The topological polar surface area (TPSA) is 77.6 Å². The van der Waals surface area contributed by atoms with Crippen molar-refractivity contribution in [1.82, 2.24) is 0 Å². The summed E-state index contributed by atoms with van der Waals surface area (Å²) in [4.78, 5) is 0. The molecule has 3 rings (SSSR count). The van der Waals surface area contributed by atoms with Crippen LogP contribution in [0.3, 0.4) is 0 Å². The maximum atomic E-state index is 7.58. The first kappa shape index (κ1) is 13.8. The van der Waals surface area contributed by atoms with Gasteiger partial charge in [-0.2, -0.15) is 0 Å². The van der Waals surface area contributed by atoms with Crippen molar-refractivity contribution in [2.45, 2.75) is 6.61 Å². The molecule has 0 fully saturated rings. The highest BCUT2D eigenvalue weighted by Crippen LogP contribution is 2.33. The summed E-state index contributed by atoms with van der Waals surface area (Å²) in [6, 6.07) is 11.0. The van der Waals surface area contributed by atoms with Gasteiger partial charge in [-0.15, -0.1) is 0 Å². The van der Waals surface area contributed by atoms with Crippen molar-refractivity contribution in [3.63, 3.8) is 0 Å². The van der Waals surface area contributed by atoms with Crippen LogP contribution in [0.4, 0.5) is 0 Å². The molecule has 0 bridgehead atoms. The Bertz CT molecular complexity index is 703. The van der Waals surface area contributed by atoms with Gasteiger partial charge in [0, 0.05) is 4.47 Å². The van der Waals surface area contributed by atoms with E-state index in [-0.39, 0.29) is 12.6 Å². The third-order valence-corrected chi connectivity index (χ3v) is 3.56. The molecule has 6 heteroatoms. The number of halogens is 1. The third-order valence-electron chi connectivity index (χ3n) is 3.07. The van der Waals surface area contributed by atoms with Crippen LogP contribution in [0.25, 0.3) is 0 Å². The summed E-state index contributed by atoms with van der Waals surface area (Å²) in [7, 11) is 0. The molecule has 3 N–H and O–H groups in total. The molecule has 2 aromatic rings. The van der Waals surface area contributed by atoms with E-state index in [4.69, 9.17) is 25.4 Å². The molecule has 0 atom stereocenters. The lowest BCUT2D eigenvalue weighted by atomic mass is 10.2. The highest BCUT2D eigenvalue weighted by atomic mass is 79.9. The summed E-state index contributed by atoms with van der Waals surface area (Å²) < 4.78 is 17.2. The van der Waals surface area contributed by atoms with Gasteiger partial charge in [-0.25, -0.2) is 0 Å². The number of benzene rings is 2. The molecule has 21 heavy (non-hydrogen) atoms. The van der Waals surface area contributed by atoms with E-state index in [0.29, 0.717) is 17.9 Å². The van der Waals surface area contributed by atoms with Gasteiger partial charge in [0.25, 0.3) is 0 Å². The average molecular weight is 349 g/mol. The lowest BCUT2D eigenvalue weighted by Crippen LogP contribution is -2.13. The monoisotopic (exact) mass is 348 g/mol. The fraction of sp³-hybridized carbons (Fsp3) is 0.133. The van der Waals surface area contributed by atoms with Crippen molar-refractivity contribution in [2.24, 2.45) is 5.73 Å². The molecule has 2 aromatic carbocycles. The van der Waals surface area contributed by atoms with Crippen LogP contribution in [0.1, 0.15) is 11.1 Å². The largest absolute Gasteiger partial charge is 0.488 e. The Morgan fingerprint density at radius 1 is 1.19 bits per heavy atom. The van der Waals surface area contributed by atoms with E-state index in [9.17, 15) is 0 Å². The van der Waals surface area contributed by atoms with E-state index >= 15 is 0 Å². The zero-order valence-electron chi connectivity index (χ0n) is 11.1. The number of nitrogens with two attached hydrogens (primary N) is 1. The van der Waals surface area contributed by atoms with Gasteiger partial charge in [0.05, 0.1) is 5.56 Å². The van der Waals surface area contributed by atoms with Crippen LogP contribution < -0.4 is 19.9 Å². The first-order valence-corrected chi connectivity index (χ1v) is 7.08. The summed E-state index contributed by atoms with van der Waals surface area (Å²) in [6.45, 7) is 0.604. The quantitative estimate of drug-likeness (QED) is 0.657. The van der Waals surface area contributed by atoms with Gasteiger partial charge in [-0.05, 0) is 35.9 Å². The van der Waals surface area contributed by atoms with Crippen molar-refractivity contribution >= 4 is 21.8 Å². The summed E-state index contributed by atoms with van der Waals surface area (Å²) in [5.41, 5.74) is 7.08. The van der Waals surface area contributed by atoms with Crippen molar-refractivity contribution in [3.05, 3.63) is 52.0 Å². The highest BCUT2D eigenvalue weighted by Gasteiger charge is 2.14. The number of nitrogen functional groups attached to an aromatic ring is 1. The number of amidine groups is 1. The Labute approximate surface area is 130 Å². The lowest BCUT2D eigenvalue weighted by Gasteiger charge is -2.11. The highest BCUT2D eigenvalue weighted by molar-refractivity contribution is 9.10. The van der Waals surface area contributed by atoms with Crippen molar-refractivity contribution < 1.29 is 14.2 Å². The van der Waals surface area contributed by atoms with E-state index < -0.39 is 0 Å². The van der Waals surface area contributed by atoms with Gasteiger partial charge in [0.1, 0.15) is 18.2 Å². The van der Waals surface area contributed by atoms with Crippen LogP contribution in [-0.4, -0.2) is 12.6 Å². The molecule has 0 spiro atoms. The first-order chi connectivity index (χ1) is 10.1. The molecule has 0 radical (unpaired) electrons. The fourth-order valence-electron chi connectivity index (χ4n) is 2.03. The van der Waals surface area contributed by atoms with Gasteiger partial charge in [0.2, 0.25) is 6.79 Å². The molecule has 1 aliphatic rings. The first-order valence-electron chi connectivity index (χ1n) is 6.29. The van der Waals surface area contributed by atoms with Gasteiger partial charge >= 0.3 is 0 Å². The Morgan fingerprint density at radius 2 is 2.00 bits per heavy atom. The van der Waals surface area contributed by atoms with Crippen molar-refractivity contribution in [2.75, 3.05) is 6.79 Å². The number of rotatable bonds is 4. The van der Waals surface area contributed by atoms with Crippen molar-refractivity contribution in [1.29, 1.82) is 5.41 Å². The van der Waals surface area contributed by atoms with E-state index in [1.807, 2.05) is 24.3 Å². The van der Waals surface area contributed by atoms with Crippen molar-refractivity contribution in [3.8, 4) is 17.2 Å². The Balaban J connectivity index is 1.78. The minimum Gasteiger partial charge on any atom is -0.488 e. The molecule has 1 heterocycles. The Morgan fingerprint density at radius 3 is 2.81 bits per heavy atom. The van der Waals surface area contributed by atoms with Crippen LogP contribution in [-0.2, 0) is 6.61 Å². The molecule has 0 unspecified atom stereocenters. The summed E-state index contributed by atoms with van der Waals surface area (Å²) in [5, 5.41) is 7.58. The normalized spacial score (nSPS) is 12.2. The molecule has 1 aliphatic heterocycles. The lowest BCUT2D eigenvalue weighted by molar-refractivity contribution is 0.174. The molecular formula is C15H13BrN2O3. The van der Waals surface area contributed by atoms with E-state index in [1.54, 1.807) is 12.1 Å². The number of nitrogens with one attached hydrogen (secondary N) is 1. The Kier molecular flexibility index (Phi) is 3.70. The van der Waals surface area contributed by atoms with Gasteiger partial charge in [-0.3, -0.25) is 5.41 Å². The van der Waals surface area contributed by atoms with E-state index in [2.05, 4.69) is 15.9 Å². The SMILES string of the molecule is N=C(N)c1ccc(Br)cc1OCc1ccc2c(c1)OCO2. The fourth-order valence-corrected chi connectivity index (χ4v) is 2.37. The average Bonchev–Trinajstić information content (AvgIpc) is 2.92. The van der Waals surface area contributed by atoms with Crippen LogP contribution in [0.5, 0.6) is 17.2 Å². The molecule has 0 aliphatic carbocycles. The molecule has 0 saturated heterocycles. The van der Waals surface area contributed by atoms with Gasteiger partial charge in [0.15, 0.2) is 11.5 Å². The smallest absolute Gasteiger partial charge is 0.231 e. The number of hydrogen-bond acceptors (Lipinski definition) is 4. The maximum Gasteiger partial charge on any atom is 0.231 e. The zero-order valence-corrected chi connectivity index (χ0v) is 12.6. The van der Waals surface area contributed by atoms with Crippen LogP contribution >= 0.6 is 15.9 Å². The predicted octanol–water partition coefficient (Wildman–Crippen LogP) is 3.04. The molecule has 5 nitrogen and oxygen atoms in total. The minimum atomic E-state index is -0.0248. The Hall–Kier alpha value is -2.21. The number of hydrogen-bond donors (Lipinski definition) is 2. The van der Waals surface area contributed by atoms with Gasteiger partial charge in [-0.1, -0.05) is 22.0 Å². The minimum absolute atomic E-state index is 0.0248. The molecule has 0 amide bonds. The summed E-state index contributed by atoms with van der Waals surface area (Å²) >= 11 is 3.38. The molecule has 0 aromatic heterocycles. The standard InChI is InChI=1S/C15H13BrN2O3/c16-10-2-3-11(15(17)18)13(6-10)19-7-9-1-4-12-14(5-9)21-8-20-12/h1-6H,7-8H2,(H3,17,18). The maximum absolute atomic E-state index is 7.58. The third kappa shape index (κ3) is 2.95. The van der Waals surface area contributed by atoms with E-state index in [1.165, 1.54) is 0 Å². The second-order valence-corrected chi connectivity index (χ2v) is 5.45. The summed E-state index contributed by atoms with van der Waals surface area (Å²) in [6.07, 6.45) is 0. The molecule has 0 saturated carbocycles. The van der Waals surface area contributed by atoms with E-state index in [0.717, 1.165) is 21.5 Å². The predicted molar refractivity (Wildman–Crippen MR) is 82.1 cm³/mol.